The summed E-state index contributed by atoms with van der Waals surface area (Å²) in [6.07, 6.45) is 5.71. The van der Waals surface area contributed by atoms with E-state index >= 15 is 0 Å². The van der Waals surface area contributed by atoms with Gasteiger partial charge < -0.3 is 5.73 Å². The highest BCUT2D eigenvalue weighted by molar-refractivity contribution is 7.09. The van der Waals surface area contributed by atoms with Gasteiger partial charge in [-0.1, -0.05) is 13.8 Å². The third-order valence-corrected chi connectivity index (χ3v) is 4.62. The zero-order valence-electron chi connectivity index (χ0n) is 10.5. The first-order chi connectivity index (χ1) is 7.39. The van der Waals surface area contributed by atoms with Crippen molar-refractivity contribution in [1.29, 1.82) is 0 Å². The summed E-state index contributed by atoms with van der Waals surface area (Å²) in [4.78, 5) is 4.52. The molecule has 0 radical (unpaired) electrons. The SMILES string of the molecule is Cc1nc(CC2(N)CCC(C)(C)CC2)cs1. The Hall–Kier alpha value is -0.410. The van der Waals surface area contributed by atoms with E-state index in [9.17, 15) is 0 Å². The van der Waals surface area contributed by atoms with Crippen LogP contribution in [-0.4, -0.2) is 10.5 Å². The quantitative estimate of drug-likeness (QED) is 0.858. The van der Waals surface area contributed by atoms with E-state index in [0.29, 0.717) is 5.41 Å². The van der Waals surface area contributed by atoms with Crippen molar-refractivity contribution in [3.8, 4) is 0 Å². The van der Waals surface area contributed by atoms with Gasteiger partial charge in [-0.3, -0.25) is 0 Å². The van der Waals surface area contributed by atoms with Gasteiger partial charge in [-0.05, 0) is 38.0 Å². The predicted molar refractivity (Wildman–Crippen MR) is 69.7 cm³/mol. The predicted octanol–water partition coefficient (Wildman–Crippen LogP) is 3.29. The Morgan fingerprint density at radius 3 is 2.44 bits per heavy atom. The van der Waals surface area contributed by atoms with Crippen molar-refractivity contribution in [2.24, 2.45) is 11.1 Å². The fourth-order valence-corrected chi connectivity index (χ4v) is 3.06. The van der Waals surface area contributed by atoms with Crippen LogP contribution in [0.1, 0.15) is 50.2 Å². The van der Waals surface area contributed by atoms with Crippen LogP contribution in [0.4, 0.5) is 0 Å². The summed E-state index contributed by atoms with van der Waals surface area (Å²) >= 11 is 1.72. The van der Waals surface area contributed by atoms with Crippen LogP contribution in [0.25, 0.3) is 0 Å². The number of nitrogens with zero attached hydrogens (tertiary/aromatic N) is 1. The molecular weight excluding hydrogens is 216 g/mol. The van der Waals surface area contributed by atoms with Gasteiger partial charge in [0.25, 0.3) is 0 Å². The van der Waals surface area contributed by atoms with Crippen molar-refractivity contribution < 1.29 is 0 Å². The van der Waals surface area contributed by atoms with Crippen molar-refractivity contribution in [3.05, 3.63) is 16.1 Å². The van der Waals surface area contributed by atoms with Gasteiger partial charge in [0.2, 0.25) is 0 Å². The van der Waals surface area contributed by atoms with E-state index in [1.165, 1.54) is 18.5 Å². The van der Waals surface area contributed by atoms with Crippen molar-refractivity contribution in [3.63, 3.8) is 0 Å². The Bertz CT molecular complexity index is 358. The van der Waals surface area contributed by atoms with Crippen molar-refractivity contribution in [2.75, 3.05) is 0 Å². The molecule has 90 valence electrons. The standard InChI is InChI=1S/C13H22N2S/c1-10-15-11(9-16-10)8-13(14)6-4-12(2,3)5-7-13/h9H,4-8,14H2,1-3H3. The molecule has 1 aliphatic rings. The zero-order chi connectivity index (χ0) is 11.8. The van der Waals surface area contributed by atoms with Gasteiger partial charge in [0.1, 0.15) is 0 Å². The normalized spacial score (nSPS) is 23.2. The average Bonchev–Trinajstić information content (AvgIpc) is 2.58. The number of nitrogens with two attached hydrogens (primary N) is 1. The number of hydrogen-bond donors (Lipinski definition) is 1. The van der Waals surface area contributed by atoms with E-state index in [1.54, 1.807) is 11.3 Å². The summed E-state index contributed by atoms with van der Waals surface area (Å²) in [5, 5.41) is 3.30. The van der Waals surface area contributed by atoms with E-state index in [-0.39, 0.29) is 5.54 Å². The number of aromatic nitrogens is 1. The van der Waals surface area contributed by atoms with E-state index in [0.717, 1.165) is 24.3 Å². The van der Waals surface area contributed by atoms with Gasteiger partial charge >= 0.3 is 0 Å². The lowest BCUT2D eigenvalue weighted by molar-refractivity contribution is 0.164. The molecule has 2 nitrogen and oxygen atoms in total. The maximum atomic E-state index is 6.49. The van der Waals surface area contributed by atoms with Crippen LogP contribution in [0.2, 0.25) is 0 Å². The molecule has 1 aliphatic carbocycles. The van der Waals surface area contributed by atoms with Gasteiger partial charge in [0.15, 0.2) is 0 Å². The highest BCUT2D eigenvalue weighted by Gasteiger charge is 2.35. The van der Waals surface area contributed by atoms with Crippen LogP contribution in [0.15, 0.2) is 5.38 Å². The molecule has 0 aliphatic heterocycles. The summed E-state index contributed by atoms with van der Waals surface area (Å²) in [5.41, 5.74) is 8.15. The van der Waals surface area contributed by atoms with E-state index in [1.807, 2.05) is 0 Å². The molecule has 1 aromatic rings. The number of aryl methyl sites for hydroxylation is 1. The van der Waals surface area contributed by atoms with Gasteiger partial charge in [-0.15, -0.1) is 11.3 Å². The second kappa shape index (κ2) is 4.11. The average molecular weight is 238 g/mol. The van der Waals surface area contributed by atoms with E-state index < -0.39 is 0 Å². The lowest BCUT2D eigenvalue weighted by atomic mass is 9.68. The van der Waals surface area contributed by atoms with Crippen molar-refractivity contribution in [1.82, 2.24) is 4.98 Å². The molecule has 16 heavy (non-hydrogen) atoms. The molecule has 2 N–H and O–H groups in total. The van der Waals surface area contributed by atoms with Crippen LogP contribution in [0.3, 0.4) is 0 Å². The molecule has 1 saturated carbocycles. The monoisotopic (exact) mass is 238 g/mol. The minimum Gasteiger partial charge on any atom is -0.325 e. The third kappa shape index (κ3) is 2.83. The summed E-state index contributed by atoms with van der Waals surface area (Å²) in [7, 11) is 0. The first-order valence-electron chi connectivity index (χ1n) is 6.09. The van der Waals surface area contributed by atoms with Gasteiger partial charge in [0.05, 0.1) is 10.7 Å². The summed E-state index contributed by atoms with van der Waals surface area (Å²) < 4.78 is 0. The highest BCUT2D eigenvalue weighted by Crippen LogP contribution is 2.40. The van der Waals surface area contributed by atoms with Crippen LogP contribution >= 0.6 is 11.3 Å². The Morgan fingerprint density at radius 2 is 1.94 bits per heavy atom. The molecule has 0 bridgehead atoms. The molecule has 1 fully saturated rings. The topological polar surface area (TPSA) is 38.9 Å². The Balaban J connectivity index is 1.99. The maximum Gasteiger partial charge on any atom is 0.0897 e. The molecule has 1 aromatic heterocycles. The fourth-order valence-electron chi connectivity index (χ4n) is 2.45. The van der Waals surface area contributed by atoms with Gasteiger partial charge in [0, 0.05) is 17.3 Å². The minimum atomic E-state index is -0.00394. The minimum absolute atomic E-state index is 0.00394. The number of rotatable bonds is 2. The highest BCUT2D eigenvalue weighted by atomic mass is 32.1. The largest absolute Gasteiger partial charge is 0.325 e. The van der Waals surface area contributed by atoms with Crippen LogP contribution in [0, 0.1) is 12.3 Å². The fraction of sp³-hybridized carbons (Fsp3) is 0.769. The Morgan fingerprint density at radius 1 is 1.31 bits per heavy atom. The molecule has 2 rings (SSSR count). The number of hydrogen-bond acceptors (Lipinski definition) is 3. The second-order valence-corrected chi connectivity index (χ2v) is 7.12. The molecule has 1 heterocycles. The summed E-state index contributed by atoms with van der Waals surface area (Å²) in [6, 6.07) is 0. The lowest BCUT2D eigenvalue weighted by Crippen LogP contribution is -2.46. The second-order valence-electron chi connectivity index (χ2n) is 6.06. The van der Waals surface area contributed by atoms with Crippen LogP contribution in [0.5, 0.6) is 0 Å². The van der Waals surface area contributed by atoms with Crippen LogP contribution in [-0.2, 0) is 6.42 Å². The van der Waals surface area contributed by atoms with Crippen molar-refractivity contribution in [2.45, 2.75) is 58.4 Å². The van der Waals surface area contributed by atoms with Gasteiger partial charge in [-0.2, -0.15) is 0 Å². The van der Waals surface area contributed by atoms with Crippen LogP contribution < -0.4 is 5.73 Å². The number of thiazole rings is 1. The molecule has 0 spiro atoms. The molecule has 3 heteroatoms. The first-order valence-corrected chi connectivity index (χ1v) is 6.97. The Labute approximate surface area is 102 Å². The zero-order valence-corrected chi connectivity index (χ0v) is 11.4. The molecule has 0 unspecified atom stereocenters. The maximum absolute atomic E-state index is 6.49. The lowest BCUT2D eigenvalue weighted by Gasteiger charge is -2.41. The summed E-state index contributed by atoms with van der Waals surface area (Å²) in [5.74, 6) is 0. The molecule has 0 saturated heterocycles. The molecule has 0 atom stereocenters. The molecule has 0 amide bonds. The van der Waals surface area contributed by atoms with E-state index in [4.69, 9.17) is 5.73 Å². The molecular formula is C13H22N2S. The first kappa shape index (κ1) is 12.1. The van der Waals surface area contributed by atoms with E-state index in [2.05, 4.69) is 31.1 Å². The third-order valence-electron chi connectivity index (χ3n) is 3.80. The smallest absolute Gasteiger partial charge is 0.0897 e. The van der Waals surface area contributed by atoms with Gasteiger partial charge in [-0.25, -0.2) is 4.98 Å². The Kier molecular flexibility index (Phi) is 3.10. The van der Waals surface area contributed by atoms with Crippen molar-refractivity contribution >= 4 is 11.3 Å². The molecule has 0 aromatic carbocycles. The summed E-state index contributed by atoms with van der Waals surface area (Å²) in [6.45, 7) is 6.75.